The number of hydrogen-bond acceptors (Lipinski definition) is 5. The van der Waals surface area contributed by atoms with E-state index in [1.54, 1.807) is 13.0 Å². The number of nitrogens with zero attached hydrogens (tertiary/aromatic N) is 2. The maximum atomic E-state index is 12.7. The molecular weight excluding hydrogens is 399 g/mol. The van der Waals surface area contributed by atoms with Crippen LogP contribution in [0.2, 0.25) is 10.0 Å². The van der Waals surface area contributed by atoms with Gasteiger partial charge in [-0.2, -0.15) is 5.26 Å². The highest BCUT2D eigenvalue weighted by Gasteiger charge is 2.24. The van der Waals surface area contributed by atoms with Crippen molar-refractivity contribution >= 4 is 44.8 Å². The molecule has 0 aliphatic rings. The number of aryl methyl sites for hydroxylation is 1. The Morgan fingerprint density at radius 1 is 1.27 bits per heavy atom. The van der Waals surface area contributed by atoms with E-state index in [9.17, 15) is 23.8 Å². The summed E-state index contributed by atoms with van der Waals surface area (Å²) in [5.41, 5.74) is 0.579. The van der Waals surface area contributed by atoms with Crippen LogP contribution in [0.3, 0.4) is 0 Å². The highest BCUT2D eigenvalue weighted by atomic mass is 35.5. The molecule has 0 bridgehead atoms. The SMILES string of the molecule is CCc1ccc(/C=C(\C#N)S(=O)(=O)c2cc(Cl)ccc2Cl)cc1[N+](=O)[O-]. The predicted octanol–water partition coefficient (Wildman–Crippen LogP) is 4.80. The summed E-state index contributed by atoms with van der Waals surface area (Å²) >= 11 is 11.7. The Morgan fingerprint density at radius 3 is 2.54 bits per heavy atom. The van der Waals surface area contributed by atoms with Gasteiger partial charge in [-0.25, -0.2) is 8.42 Å². The Kier molecular flexibility index (Phi) is 6.03. The van der Waals surface area contributed by atoms with E-state index in [0.29, 0.717) is 12.0 Å². The first-order valence-electron chi connectivity index (χ1n) is 7.30. The number of benzene rings is 2. The third-order valence-electron chi connectivity index (χ3n) is 3.57. The molecule has 26 heavy (non-hydrogen) atoms. The average Bonchev–Trinajstić information content (AvgIpc) is 2.61. The molecule has 0 radical (unpaired) electrons. The Morgan fingerprint density at radius 2 is 1.96 bits per heavy atom. The second-order valence-corrected chi connectivity index (χ2v) is 7.93. The van der Waals surface area contributed by atoms with Gasteiger partial charge >= 0.3 is 0 Å². The first-order valence-corrected chi connectivity index (χ1v) is 9.54. The van der Waals surface area contributed by atoms with Gasteiger partial charge in [0.05, 0.1) is 14.8 Å². The van der Waals surface area contributed by atoms with Crippen molar-refractivity contribution in [3.8, 4) is 6.07 Å². The minimum absolute atomic E-state index is 0.0807. The number of nitro benzene ring substituents is 1. The van der Waals surface area contributed by atoms with Crippen molar-refractivity contribution in [3.05, 3.63) is 72.6 Å². The zero-order valence-electron chi connectivity index (χ0n) is 13.4. The maximum Gasteiger partial charge on any atom is 0.273 e. The van der Waals surface area contributed by atoms with Crippen molar-refractivity contribution in [3.63, 3.8) is 0 Å². The van der Waals surface area contributed by atoms with Gasteiger partial charge in [-0.3, -0.25) is 10.1 Å². The zero-order valence-corrected chi connectivity index (χ0v) is 15.8. The number of nitro groups is 1. The highest BCUT2D eigenvalue weighted by molar-refractivity contribution is 7.95. The van der Waals surface area contributed by atoms with Gasteiger partial charge in [0.15, 0.2) is 0 Å². The van der Waals surface area contributed by atoms with Gasteiger partial charge < -0.3 is 0 Å². The van der Waals surface area contributed by atoms with Crippen LogP contribution in [0.4, 0.5) is 5.69 Å². The van der Waals surface area contributed by atoms with Gasteiger partial charge in [-0.05, 0) is 36.3 Å². The van der Waals surface area contributed by atoms with Crippen molar-refractivity contribution in [2.24, 2.45) is 0 Å². The zero-order chi connectivity index (χ0) is 19.5. The van der Waals surface area contributed by atoms with Crippen LogP contribution in [0.25, 0.3) is 6.08 Å². The Labute approximate surface area is 160 Å². The number of halogens is 2. The van der Waals surface area contributed by atoms with Crippen LogP contribution in [-0.4, -0.2) is 13.3 Å². The van der Waals surface area contributed by atoms with Gasteiger partial charge in [0, 0.05) is 16.7 Å². The molecule has 2 aromatic carbocycles. The molecule has 0 aromatic heterocycles. The molecule has 0 saturated carbocycles. The lowest BCUT2D eigenvalue weighted by Crippen LogP contribution is -2.04. The molecule has 0 heterocycles. The summed E-state index contributed by atoms with van der Waals surface area (Å²) in [5, 5.41) is 20.5. The van der Waals surface area contributed by atoms with E-state index in [4.69, 9.17) is 23.2 Å². The second kappa shape index (κ2) is 7.87. The summed E-state index contributed by atoms with van der Waals surface area (Å²) in [6.07, 6.45) is 1.51. The quantitative estimate of drug-likeness (QED) is 0.400. The molecule has 0 N–H and O–H groups in total. The van der Waals surface area contributed by atoms with Gasteiger partial charge in [0.2, 0.25) is 9.84 Å². The van der Waals surface area contributed by atoms with E-state index >= 15 is 0 Å². The van der Waals surface area contributed by atoms with Crippen LogP contribution in [-0.2, 0) is 16.3 Å². The fourth-order valence-electron chi connectivity index (χ4n) is 2.26. The van der Waals surface area contributed by atoms with Crippen LogP contribution in [0.15, 0.2) is 46.2 Å². The molecule has 2 rings (SSSR count). The molecule has 0 fully saturated rings. The standard InChI is InChI=1S/C17H12Cl2N2O4S/c1-2-12-4-3-11(8-16(12)21(22)23)7-14(10-20)26(24,25)17-9-13(18)5-6-15(17)19/h3-9H,2H2,1H3/b14-7+. The van der Waals surface area contributed by atoms with Crippen LogP contribution >= 0.6 is 23.2 Å². The summed E-state index contributed by atoms with van der Waals surface area (Å²) in [4.78, 5) is 9.70. The molecule has 0 aliphatic carbocycles. The van der Waals surface area contributed by atoms with Crippen molar-refractivity contribution in [1.82, 2.24) is 0 Å². The first kappa shape index (κ1) is 19.9. The summed E-state index contributed by atoms with van der Waals surface area (Å²) < 4.78 is 25.4. The second-order valence-electron chi connectivity index (χ2n) is 5.20. The topological polar surface area (TPSA) is 101 Å². The molecular formula is C17H12Cl2N2O4S. The lowest BCUT2D eigenvalue weighted by Gasteiger charge is -2.06. The number of sulfone groups is 1. The van der Waals surface area contributed by atoms with Gasteiger partial charge in [-0.1, -0.05) is 42.3 Å². The Balaban J connectivity index is 2.61. The van der Waals surface area contributed by atoms with Crippen molar-refractivity contribution in [2.45, 2.75) is 18.2 Å². The molecule has 134 valence electrons. The number of allylic oxidation sites excluding steroid dienone is 1. The lowest BCUT2D eigenvalue weighted by molar-refractivity contribution is -0.385. The molecule has 2 aromatic rings. The van der Waals surface area contributed by atoms with Crippen LogP contribution in [0, 0.1) is 21.4 Å². The molecule has 0 amide bonds. The monoisotopic (exact) mass is 410 g/mol. The molecule has 0 unspecified atom stereocenters. The van der Waals surface area contributed by atoms with Crippen LogP contribution in [0.1, 0.15) is 18.1 Å². The van der Waals surface area contributed by atoms with E-state index < -0.39 is 19.7 Å². The number of hydrogen-bond donors (Lipinski definition) is 0. The minimum Gasteiger partial charge on any atom is -0.258 e. The van der Waals surface area contributed by atoms with Gasteiger partial charge in [-0.15, -0.1) is 0 Å². The smallest absolute Gasteiger partial charge is 0.258 e. The third kappa shape index (κ3) is 4.05. The van der Waals surface area contributed by atoms with E-state index in [1.165, 1.54) is 30.3 Å². The van der Waals surface area contributed by atoms with Crippen molar-refractivity contribution in [1.29, 1.82) is 5.26 Å². The number of rotatable bonds is 5. The Bertz CT molecular complexity index is 1060. The first-order chi connectivity index (χ1) is 12.2. The summed E-state index contributed by atoms with van der Waals surface area (Å²) in [6.45, 7) is 1.77. The van der Waals surface area contributed by atoms with Crippen molar-refractivity contribution < 1.29 is 13.3 Å². The summed E-state index contributed by atoms with van der Waals surface area (Å²) in [5.74, 6) is 0. The van der Waals surface area contributed by atoms with Crippen LogP contribution < -0.4 is 0 Å². The van der Waals surface area contributed by atoms with E-state index in [-0.39, 0.29) is 26.2 Å². The fourth-order valence-corrected chi connectivity index (χ4v) is 4.18. The molecule has 0 spiro atoms. The summed E-state index contributed by atoms with van der Waals surface area (Å²) in [6, 6.07) is 9.76. The van der Waals surface area contributed by atoms with E-state index in [2.05, 4.69) is 0 Å². The van der Waals surface area contributed by atoms with Gasteiger partial charge in [0.25, 0.3) is 5.69 Å². The molecule has 0 aliphatic heterocycles. The highest BCUT2D eigenvalue weighted by Crippen LogP contribution is 2.31. The van der Waals surface area contributed by atoms with E-state index in [0.717, 1.165) is 12.1 Å². The van der Waals surface area contributed by atoms with Gasteiger partial charge in [0.1, 0.15) is 11.0 Å². The molecule has 9 heteroatoms. The normalized spacial score (nSPS) is 11.8. The van der Waals surface area contributed by atoms with Crippen LogP contribution in [0.5, 0.6) is 0 Å². The summed E-state index contributed by atoms with van der Waals surface area (Å²) in [7, 11) is -4.24. The predicted molar refractivity (Wildman–Crippen MR) is 99.7 cm³/mol. The molecule has 6 nitrogen and oxygen atoms in total. The largest absolute Gasteiger partial charge is 0.273 e. The van der Waals surface area contributed by atoms with Crippen molar-refractivity contribution in [2.75, 3.05) is 0 Å². The average molecular weight is 411 g/mol. The minimum atomic E-state index is -4.24. The molecule has 0 saturated heterocycles. The van der Waals surface area contributed by atoms with E-state index in [1.807, 2.05) is 0 Å². The number of nitriles is 1. The maximum absolute atomic E-state index is 12.7. The lowest BCUT2D eigenvalue weighted by atomic mass is 10.1. The Hall–Kier alpha value is -2.40. The third-order valence-corrected chi connectivity index (χ3v) is 5.95. The fraction of sp³-hybridized carbons (Fsp3) is 0.118. The molecule has 0 atom stereocenters.